The Balaban J connectivity index is 1.79. The summed E-state index contributed by atoms with van der Waals surface area (Å²) in [5.41, 5.74) is 5.61. The average Bonchev–Trinajstić information content (AvgIpc) is 2.72. The van der Waals surface area contributed by atoms with E-state index < -0.39 is 0 Å². The van der Waals surface area contributed by atoms with E-state index in [1.807, 2.05) is 19.3 Å². The molecule has 5 nitrogen and oxygen atoms in total. The fourth-order valence-electron chi connectivity index (χ4n) is 2.02. The monoisotopic (exact) mass is 224 g/mol. The number of morpholine rings is 1. The summed E-state index contributed by atoms with van der Waals surface area (Å²) in [6, 6.07) is 0. The lowest BCUT2D eigenvalue weighted by molar-refractivity contribution is -0.0240. The van der Waals surface area contributed by atoms with Gasteiger partial charge in [0, 0.05) is 45.1 Å². The highest BCUT2D eigenvalue weighted by atomic mass is 16.5. The summed E-state index contributed by atoms with van der Waals surface area (Å²) in [6.07, 6.45) is 4.07. The van der Waals surface area contributed by atoms with Crippen molar-refractivity contribution in [3.63, 3.8) is 0 Å². The predicted octanol–water partition coefficient (Wildman–Crippen LogP) is -0.149. The fourth-order valence-corrected chi connectivity index (χ4v) is 2.02. The van der Waals surface area contributed by atoms with Crippen LogP contribution in [0.2, 0.25) is 0 Å². The first kappa shape index (κ1) is 11.6. The molecule has 1 saturated heterocycles. The lowest BCUT2D eigenvalue weighted by Gasteiger charge is -2.32. The minimum atomic E-state index is 0.206. The number of imidazole rings is 1. The van der Waals surface area contributed by atoms with Crippen LogP contribution in [0.5, 0.6) is 0 Å². The van der Waals surface area contributed by atoms with Crippen LogP contribution < -0.4 is 5.73 Å². The Morgan fingerprint density at radius 1 is 1.56 bits per heavy atom. The van der Waals surface area contributed by atoms with Gasteiger partial charge in [0.05, 0.1) is 12.7 Å². The Morgan fingerprint density at radius 2 is 2.44 bits per heavy atom. The molecule has 1 aromatic heterocycles. The Hall–Kier alpha value is -0.910. The van der Waals surface area contributed by atoms with Crippen molar-refractivity contribution in [1.82, 2.24) is 14.5 Å². The average molecular weight is 224 g/mol. The first-order chi connectivity index (χ1) is 7.79. The summed E-state index contributed by atoms with van der Waals surface area (Å²) in [4.78, 5) is 6.61. The van der Waals surface area contributed by atoms with Gasteiger partial charge in [0.25, 0.3) is 0 Å². The maximum absolute atomic E-state index is 5.61. The molecule has 5 heteroatoms. The van der Waals surface area contributed by atoms with Gasteiger partial charge in [0.15, 0.2) is 0 Å². The molecule has 1 unspecified atom stereocenters. The second-order valence-corrected chi connectivity index (χ2v) is 4.20. The van der Waals surface area contributed by atoms with E-state index in [1.165, 1.54) is 0 Å². The minimum Gasteiger partial charge on any atom is -0.374 e. The molecule has 1 aliphatic rings. The number of rotatable bonds is 4. The maximum Gasteiger partial charge on any atom is 0.105 e. The highest BCUT2D eigenvalue weighted by molar-refractivity contribution is 4.88. The minimum absolute atomic E-state index is 0.206. The van der Waals surface area contributed by atoms with E-state index in [2.05, 4.69) is 14.5 Å². The molecule has 0 aliphatic carbocycles. The quantitative estimate of drug-likeness (QED) is 0.773. The number of nitrogens with two attached hydrogens (primary N) is 1. The van der Waals surface area contributed by atoms with Gasteiger partial charge < -0.3 is 15.0 Å². The zero-order valence-corrected chi connectivity index (χ0v) is 9.80. The molecule has 2 heterocycles. The van der Waals surface area contributed by atoms with Crippen molar-refractivity contribution in [3.05, 3.63) is 18.2 Å². The number of aromatic nitrogens is 2. The molecule has 0 saturated carbocycles. The summed E-state index contributed by atoms with van der Waals surface area (Å²) < 4.78 is 7.71. The summed E-state index contributed by atoms with van der Waals surface area (Å²) in [6.45, 7) is 7.42. The first-order valence-electron chi connectivity index (χ1n) is 5.81. The molecule has 0 aromatic carbocycles. The molecule has 0 bridgehead atoms. The van der Waals surface area contributed by atoms with Crippen molar-refractivity contribution >= 4 is 0 Å². The normalized spacial score (nSPS) is 22.5. The van der Waals surface area contributed by atoms with Gasteiger partial charge in [-0.1, -0.05) is 0 Å². The number of hydrogen-bond acceptors (Lipinski definition) is 4. The van der Waals surface area contributed by atoms with Gasteiger partial charge in [-0.15, -0.1) is 0 Å². The van der Waals surface area contributed by atoms with Gasteiger partial charge in [-0.3, -0.25) is 4.90 Å². The molecule has 0 radical (unpaired) electrons. The standard InChI is InChI=1S/C11H20N4O/c1-10-13-2-3-15(10)5-4-14-6-7-16-11(8-12)9-14/h2-3,11H,4-9,12H2,1H3. The van der Waals surface area contributed by atoms with E-state index in [0.717, 1.165) is 38.6 Å². The molecule has 0 spiro atoms. The van der Waals surface area contributed by atoms with Crippen LogP contribution in [0.15, 0.2) is 12.4 Å². The van der Waals surface area contributed by atoms with Crippen LogP contribution in [0.25, 0.3) is 0 Å². The lowest BCUT2D eigenvalue weighted by Crippen LogP contribution is -2.46. The molecule has 1 atom stereocenters. The molecule has 0 amide bonds. The fraction of sp³-hybridized carbons (Fsp3) is 0.727. The smallest absolute Gasteiger partial charge is 0.105 e. The van der Waals surface area contributed by atoms with Crippen LogP contribution in [0.4, 0.5) is 0 Å². The van der Waals surface area contributed by atoms with Crippen molar-refractivity contribution in [2.24, 2.45) is 5.73 Å². The Labute approximate surface area is 96.2 Å². The topological polar surface area (TPSA) is 56.3 Å². The Morgan fingerprint density at radius 3 is 3.12 bits per heavy atom. The Bertz CT molecular complexity index is 326. The molecule has 1 aliphatic heterocycles. The van der Waals surface area contributed by atoms with Crippen molar-refractivity contribution in [2.45, 2.75) is 19.6 Å². The van der Waals surface area contributed by atoms with Gasteiger partial charge in [-0.05, 0) is 6.92 Å². The van der Waals surface area contributed by atoms with Gasteiger partial charge >= 0.3 is 0 Å². The molecule has 16 heavy (non-hydrogen) atoms. The number of ether oxygens (including phenoxy) is 1. The molecule has 2 N–H and O–H groups in total. The summed E-state index contributed by atoms with van der Waals surface area (Å²) >= 11 is 0. The van der Waals surface area contributed by atoms with E-state index in [9.17, 15) is 0 Å². The molecular formula is C11H20N4O. The third kappa shape index (κ3) is 2.81. The van der Waals surface area contributed by atoms with Crippen LogP contribution in [0.3, 0.4) is 0 Å². The van der Waals surface area contributed by atoms with Gasteiger partial charge in [-0.25, -0.2) is 4.98 Å². The van der Waals surface area contributed by atoms with Crippen molar-refractivity contribution < 1.29 is 4.74 Å². The number of aryl methyl sites for hydroxylation is 1. The van der Waals surface area contributed by atoms with Crippen LogP contribution in [-0.2, 0) is 11.3 Å². The SMILES string of the molecule is Cc1nccn1CCN1CCOC(CN)C1. The summed E-state index contributed by atoms with van der Waals surface area (Å²) in [5, 5.41) is 0. The van der Waals surface area contributed by atoms with Crippen LogP contribution in [-0.4, -0.2) is 53.3 Å². The predicted molar refractivity (Wildman–Crippen MR) is 62.2 cm³/mol. The van der Waals surface area contributed by atoms with E-state index in [-0.39, 0.29) is 6.10 Å². The van der Waals surface area contributed by atoms with Gasteiger partial charge in [0.2, 0.25) is 0 Å². The van der Waals surface area contributed by atoms with Gasteiger partial charge in [0.1, 0.15) is 5.82 Å². The van der Waals surface area contributed by atoms with Crippen LogP contribution >= 0.6 is 0 Å². The van der Waals surface area contributed by atoms with Crippen LogP contribution in [0, 0.1) is 6.92 Å². The molecule has 1 aromatic rings. The number of hydrogen-bond donors (Lipinski definition) is 1. The molecule has 2 rings (SSSR count). The zero-order chi connectivity index (χ0) is 11.4. The largest absolute Gasteiger partial charge is 0.374 e. The third-order valence-electron chi connectivity index (χ3n) is 3.07. The highest BCUT2D eigenvalue weighted by Crippen LogP contribution is 2.04. The number of nitrogens with zero attached hydrogens (tertiary/aromatic N) is 3. The molecular weight excluding hydrogens is 204 g/mol. The van der Waals surface area contributed by atoms with Crippen molar-refractivity contribution in [2.75, 3.05) is 32.8 Å². The zero-order valence-electron chi connectivity index (χ0n) is 9.80. The van der Waals surface area contributed by atoms with E-state index in [4.69, 9.17) is 10.5 Å². The van der Waals surface area contributed by atoms with Crippen molar-refractivity contribution in [1.29, 1.82) is 0 Å². The highest BCUT2D eigenvalue weighted by Gasteiger charge is 2.18. The van der Waals surface area contributed by atoms with Gasteiger partial charge in [-0.2, -0.15) is 0 Å². The lowest BCUT2D eigenvalue weighted by atomic mass is 10.2. The molecule has 90 valence electrons. The maximum atomic E-state index is 5.61. The third-order valence-corrected chi connectivity index (χ3v) is 3.07. The van der Waals surface area contributed by atoms with Crippen molar-refractivity contribution in [3.8, 4) is 0 Å². The first-order valence-corrected chi connectivity index (χ1v) is 5.81. The van der Waals surface area contributed by atoms with E-state index >= 15 is 0 Å². The van der Waals surface area contributed by atoms with E-state index in [1.54, 1.807) is 0 Å². The second kappa shape index (κ2) is 5.43. The summed E-state index contributed by atoms with van der Waals surface area (Å²) in [7, 11) is 0. The van der Waals surface area contributed by atoms with E-state index in [0.29, 0.717) is 6.54 Å². The summed E-state index contributed by atoms with van der Waals surface area (Å²) in [5.74, 6) is 1.07. The Kier molecular flexibility index (Phi) is 3.93. The molecule has 1 fully saturated rings. The second-order valence-electron chi connectivity index (χ2n) is 4.20. The van der Waals surface area contributed by atoms with Crippen LogP contribution in [0.1, 0.15) is 5.82 Å².